The van der Waals surface area contributed by atoms with Crippen LogP contribution in [0.3, 0.4) is 0 Å². The molecule has 1 aliphatic heterocycles. The summed E-state index contributed by atoms with van der Waals surface area (Å²) in [6.45, 7) is 11.8. The largest absolute Gasteiger partial charge is 0.396 e. The highest BCUT2D eigenvalue weighted by Crippen LogP contribution is 2.20. The maximum atomic E-state index is 11.9. The second kappa shape index (κ2) is 7.70. The first-order chi connectivity index (χ1) is 8.98. The Morgan fingerprint density at radius 3 is 2.42 bits per heavy atom. The van der Waals surface area contributed by atoms with Gasteiger partial charge in [0.15, 0.2) is 0 Å². The van der Waals surface area contributed by atoms with Crippen LogP contribution in [0.25, 0.3) is 0 Å². The van der Waals surface area contributed by atoms with Crippen molar-refractivity contribution < 1.29 is 9.90 Å². The Hall–Kier alpha value is -0.810. The number of urea groups is 1. The zero-order valence-corrected chi connectivity index (χ0v) is 12.6. The van der Waals surface area contributed by atoms with Gasteiger partial charge in [-0.1, -0.05) is 20.8 Å². The van der Waals surface area contributed by atoms with Crippen LogP contribution in [-0.2, 0) is 0 Å². The first kappa shape index (κ1) is 16.2. The molecular weight excluding hydrogens is 242 g/mol. The third kappa shape index (κ3) is 5.78. The van der Waals surface area contributed by atoms with Gasteiger partial charge in [-0.2, -0.15) is 0 Å². The second-order valence-electron chi connectivity index (χ2n) is 6.08. The van der Waals surface area contributed by atoms with E-state index in [0.29, 0.717) is 6.54 Å². The van der Waals surface area contributed by atoms with Gasteiger partial charge in [-0.25, -0.2) is 4.79 Å². The van der Waals surface area contributed by atoms with E-state index in [9.17, 15) is 4.79 Å². The van der Waals surface area contributed by atoms with E-state index in [4.69, 9.17) is 5.11 Å². The average Bonchev–Trinajstić information content (AvgIpc) is 2.43. The molecule has 0 atom stereocenters. The van der Waals surface area contributed by atoms with Crippen molar-refractivity contribution in [3.05, 3.63) is 0 Å². The van der Waals surface area contributed by atoms with Crippen molar-refractivity contribution in [3.63, 3.8) is 0 Å². The topological polar surface area (TPSA) is 55.8 Å². The number of aliphatic hydroxyl groups excluding tert-OH is 1. The quantitative estimate of drug-likeness (QED) is 0.712. The molecule has 1 heterocycles. The van der Waals surface area contributed by atoms with Gasteiger partial charge in [0.1, 0.15) is 0 Å². The molecule has 0 aromatic carbocycles. The number of amides is 2. The smallest absolute Gasteiger partial charge is 0.317 e. The summed E-state index contributed by atoms with van der Waals surface area (Å²) in [5, 5.41) is 12.1. The van der Waals surface area contributed by atoms with Crippen LogP contribution in [-0.4, -0.2) is 66.8 Å². The van der Waals surface area contributed by atoms with Crippen molar-refractivity contribution in [2.24, 2.45) is 5.41 Å². The van der Waals surface area contributed by atoms with E-state index in [-0.39, 0.29) is 18.1 Å². The lowest BCUT2D eigenvalue weighted by Gasteiger charge is -2.34. The lowest BCUT2D eigenvalue weighted by Crippen LogP contribution is -2.51. The van der Waals surface area contributed by atoms with Crippen molar-refractivity contribution in [1.82, 2.24) is 15.1 Å². The van der Waals surface area contributed by atoms with Crippen molar-refractivity contribution in [3.8, 4) is 0 Å². The van der Waals surface area contributed by atoms with E-state index in [1.165, 1.54) is 0 Å². The summed E-state index contributed by atoms with van der Waals surface area (Å²) < 4.78 is 0. The van der Waals surface area contributed by atoms with Crippen LogP contribution in [0.2, 0.25) is 0 Å². The minimum absolute atomic E-state index is 0.0442. The number of nitrogens with zero attached hydrogens (tertiary/aromatic N) is 2. The molecule has 0 bridgehead atoms. The molecule has 1 saturated heterocycles. The summed E-state index contributed by atoms with van der Waals surface area (Å²) in [5.74, 6) is 0. The van der Waals surface area contributed by atoms with Crippen LogP contribution < -0.4 is 5.32 Å². The molecule has 0 radical (unpaired) electrons. The van der Waals surface area contributed by atoms with Crippen molar-refractivity contribution in [2.75, 3.05) is 45.9 Å². The van der Waals surface area contributed by atoms with Crippen LogP contribution in [0, 0.1) is 5.41 Å². The highest BCUT2D eigenvalue weighted by molar-refractivity contribution is 5.74. The first-order valence-corrected chi connectivity index (χ1v) is 7.34. The molecule has 112 valence electrons. The molecular formula is C14H29N3O2. The van der Waals surface area contributed by atoms with E-state index in [2.05, 4.69) is 17.1 Å². The number of rotatable bonds is 6. The van der Waals surface area contributed by atoms with Crippen LogP contribution >= 0.6 is 0 Å². The van der Waals surface area contributed by atoms with Crippen molar-refractivity contribution in [2.45, 2.75) is 33.6 Å². The molecule has 0 saturated carbocycles. The molecule has 2 amide bonds. The number of aliphatic hydroxyl groups is 1. The SMILES string of the molecule is CCN1CCN(C(=O)NCCCC(C)(C)CO)CC1. The highest BCUT2D eigenvalue weighted by atomic mass is 16.3. The van der Waals surface area contributed by atoms with Gasteiger partial charge in [0, 0.05) is 39.3 Å². The maximum Gasteiger partial charge on any atom is 0.317 e. The monoisotopic (exact) mass is 271 g/mol. The summed E-state index contributed by atoms with van der Waals surface area (Å²) >= 11 is 0. The molecule has 0 aromatic heterocycles. The molecule has 5 heteroatoms. The highest BCUT2D eigenvalue weighted by Gasteiger charge is 2.20. The number of hydrogen-bond acceptors (Lipinski definition) is 3. The van der Waals surface area contributed by atoms with Gasteiger partial charge < -0.3 is 20.2 Å². The second-order valence-corrected chi connectivity index (χ2v) is 6.08. The van der Waals surface area contributed by atoms with Crippen molar-refractivity contribution in [1.29, 1.82) is 0 Å². The molecule has 0 spiro atoms. The fourth-order valence-corrected chi connectivity index (χ4v) is 2.22. The number of likely N-dealkylation sites (N-methyl/N-ethyl adjacent to an activating group) is 1. The summed E-state index contributed by atoms with van der Waals surface area (Å²) in [4.78, 5) is 16.2. The Kier molecular flexibility index (Phi) is 6.58. The van der Waals surface area contributed by atoms with Crippen LogP contribution in [0.1, 0.15) is 33.6 Å². The minimum atomic E-state index is -0.0442. The van der Waals surface area contributed by atoms with E-state index in [1.807, 2.05) is 18.7 Å². The van der Waals surface area contributed by atoms with Gasteiger partial charge >= 0.3 is 6.03 Å². The Labute approximate surface area is 117 Å². The van der Waals surface area contributed by atoms with Crippen LogP contribution in [0.4, 0.5) is 4.79 Å². The predicted molar refractivity (Wildman–Crippen MR) is 77.2 cm³/mol. The number of nitrogens with one attached hydrogen (secondary N) is 1. The summed E-state index contributed by atoms with van der Waals surface area (Å²) in [6, 6.07) is 0.0533. The molecule has 1 rings (SSSR count). The third-order valence-corrected chi connectivity index (χ3v) is 3.84. The summed E-state index contributed by atoms with van der Waals surface area (Å²) in [6.07, 6.45) is 1.83. The molecule has 19 heavy (non-hydrogen) atoms. The van der Waals surface area contributed by atoms with Crippen molar-refractivity contribution >= 4 is 6.03 Å². The van der Waals surface area contributed by atoms with Gasteiger partial charge in [0.05, 0.1) is 0 Å². The molecule has 0 aromatic rings. The average molecular weight is 271 g/mol. The summed E-state index contributed by atoms with van der Waals surface area (Å²) in [7, 11) is 0. The Bertz CT molecular complexity index is 274. The van der Waals surface area contributed by atoms with Gasteiger partial charge in [-0.05, 0) is 24.8 Å². The Morgan fingerprint density at radius 1 is 1.26 bits per heavy atom. The summed E-state index contributed by atoms with van der Waals surface area (Å²) in [5.41, 5.74) is -0.0442. The molecule has 1 fully saturated rings. The molecule has 0 unspecified atom stereocenters. The zero-order valence-electron chi connectivity index (χ0n) is 12.6. The number of carbonyl (C=O) groups is 1. The van der Waals surface area contributed by atoms with Crippen LogP contribution in [0.5, 0.6) is 0 Å². The van der Waals surface area contributed by atoms with Gasteiger partial charge in [-0.15, -0.1) is 0 Å². The van der Waals surface area contributed by atoms with E-state index in [0.717, 1.165) is 45.6 Å². The maximum absolute atomic E-state index is 11.9. The number of carbonyl (C=O) groups excluding carboxylic acids is 1. The third-order valence-electron chi connectivity index (χ3n) is 3.84. The van der Waals surface area contributed by atoms with E-state index < -0.39 is 0 Å². The molecule has 2 N–H and O–H groups in total. The number of piperazine rings is 1. The normalized spacial score (nSPS) is 17.6. The minimum Gasteiger partial charge on any atom is -0.396 e. The number of hydrogen-bond donors (Lipinski definition) is 2. The van der Waals surface area contributed by atoms with Gasteiger partial charge in [-0.3, -0.25) is 0 Å². The van der Waals surface area contributed by atoms with Gasteiger partial charge in [0.2, 0.25) is 0 Å². The Balaban J connectivity index is 2.15. The standard InChI is InChI=1S/C14H29N3O2/c1-4-16-8-10-17(11-9-16)13(19)15-7-5-6-14(2,3)12-18/h18H,4-12H2,1-3H3,(H,15,19). The lowest BCUT2D eigenvalue weighted by molar-refractivity contribution is 0.139. The first-order valence-electron chi connectivity index (χ1n) is 7.34. The fourth-order valence-electron chi connectivity index (χ4n) is 2.22. The molecule has 5 nitrogen and oxygen atoms in total. The fraction of sp³-hybridized carbons (Fsp3) is 0.929. The van der Waals surface area contributed by atoms with E-state index in [1.54, 1.807) is 0 Å². The molecule has 0 aliphatic carbocycles. The van der Waals surface area contributed by atoms with Crippen LogP contribution in [0.15, 0.2) is 0 Å². The predicted octanol–water partition coefficient (Wildman–Crippen LogP) is 1.13. The lowest BCUT2D eigenvalue weighted by atomic mass is 9.89. The van der Waals surface area contributed by atoms with Gasteiger partial charge in [0.25, 0.3) is 0 Å². The molecule has 1 aliphatic rings. The zero-order chi connectivity index (χ0) is 14.3. The Morgan fingerprint density at radius 2 is 1.89 bits per heavy atom. The van der Waals surface area contributed by atoms with E-state index >= 15 is 0 Å².